The van der Waals surface area contributed by atoms with E-state index in [0.717, 1.165) is 16.8 Å². The number of hydrogen-bond donors (Lipinski definition) is 1. The normalized spacial score (nSPS) is 17.3. The van der Waals surface area contributed by atoms with Gasteiger partial charge in [-0.2, -0.15) is 0 Å². The van der Waals surface area contributed by atoms with E-state index < -0.39 is 11.6 Å². The van der Waals surface area contributed by atoms with Gasteiger partial charge in [-0.1, -0.05) is 72.3 Å². The largest absolute Gasteiger partial charge is 0.371 e. The van der Waals surface area contributed by atoms with Crippen LogP contribution >= 0.6 is 11.6 Å². The molecule has 0 fully saturated rings. The van der Waals surface area contributed by atoms with Gasteiger partial charge in [0.05, 0.1) is 6.04 Å². The molecule has 1 aliphatic heterocycles. The predicted molar refractivity (Wildman–Crippen MR) is 125 cm³/mol. The molecule has 0 saturated heterocycles. The molecule has 5 nitrogen and oxygen atoms in total. The molecule has 1 amide bonds. The highest BCUT2D eigenvalue weighted by atomic mass is 35.5. The molecule has 32 heavy (non-hydrogen) atoms. The van der Waals surface area contributed by atoms with Crippen molar-refractivity contribution < 1.29 is 14.4 Å². The molecule has 1 heterocycles. The monoisotopic (exact) mass is 448 g/mol. The molecule has 0 unspecified atom stereocenters. The average Bonchev–Trinajstić information content (AvgIpc) is 2.87. The number of carbonyl (C=O) groups is 2. The van der Waals surface area contributed by atoms with Gasteiger partial charge in [0.1, 0.15) is 12.1 Å². The van der Waals surface area contributed by atoms with Gasteiger partial charge in [0, 0.05) is 28.3 Å². The second-order valence-electron chi connectivity index (χ2n) is 8.38. The van der Waals surface area contributed by atoms with Gasteiger partial charge >= 0.3 is 0 Å². The number of Topliss-reactive ketones (excluding diaryl/α,β-unsaturated/α-hetero) is 1. The second kappa shape index (κ2) is 9.15. The van der Waals surface area contributed by atoms with E-state index >= 15 is 0 Å². The predicted octanol–water partition coefficient (Wildman–Crippen LogP) is 5.82. The van der Waals surface area contributed by atoms with Gasteiger partial charge in [-0.25, -0.2) is 5.06 Å². The van der Waals surface area contributed by atoms with Gasteiger partial charge < -0.3 is 5.32 Å². The molecule has 6 heteroatoms. The van der Waals surface area contributed by atoms with Gasteiger partial charge in [-0.3, -0.25) is 14.4 Å². The van der Waals surface area contributed by atoms with Crippen LogP contribution in [0.25, 0.3) is 0 Å². The van der Waals surface area contributed by atoms with Crippen LogP contribution in [0.2, 0.25) is 5.02 Å². The molecule has 0 spiro atoms. The highest BCUT2D eigenvalue weighted by Gasteiger charge is 2.42. The number of nitrogens with zero attached hydrogens (tertiary/aromatic N) is 1. The van der Waals surface area contributed by atoms with Gasteiger partial charge in [0.2, 0.25) is 0 Å². The Morgan fingerprint density at radius 2 is 1.69 bits per heavy atom. The maximum Gasteiger partial charge on any atom is 0.271 e. The Balaban J connectivity index is 1.74. The molecule has 1 atom stereocenters. The van der Waals surface area contributed by atoms with Crippen LogP contribution in [0.3, 0.4) is 0 Å². The van der Waals surface area contributed by atoms with E-state index in [0.29, 0.717) is 10.6 Å². The minimum absolute atomic E-state index is 0.0651. The van der Waals surface area contributed by atoms with Crippen LogP contribution in [-0.2, 0) is 16.2 Å². The number of hydroxylamine groups is 2. The fourth-order valence-corrected chi connectivity index (χ4v) is 4.01. The third-order valence-electron chi connectivity index (χ3n) is 5.53. The van der Waals surface area contributed by atoms with Crippen molar-refractivity contribution in [3.05, 3.63) is 101 Å². The number of fused-ring (bicyclic) bond motifs is 1. The summed E-state index contributed by atoms with van der Waals surface area (Å²) < 4.78 is 0. The van der Waals surface area contributed by atoms with Crippen molar-refractivity contribution in [3.63, 3.8) is 0 Å². The number of hydrogen-bond acceptors (Lipinski definition) is 4. The van der Waals surface area contributed by atoms with E-state index in [1.807, 2.05) is 54.6 Å². The Morgan fingerprint density at radius 1 is 1.03 bits per heavy atom. The molecule has 0 radical (unpaired) electrons. The van der Waals surface area contributed by atoms with Gasteiger partial charge in [-0.05, 0) is 37.6 Å². The van der Waals surface area contributed by atoms with E-state index in [9.17, 15) is 9.59 Å². The fraction of sp³-hybridized carbons (Fsp3) is 0.231. The molecular formula is C26H25ClN2O3. The van der Waals surface area contributed by atoms with Crippen LogP contribution in [-0.4, -0.2) is 22.3 Å². The Labute approximate surface area is 192 Å². The average molecular weight is 449 g/mol. The number of halogens is 1. The molecule has 0 saturated carbocycles. The Morgan fingerprint density at radius 3 is 2.38 bits per heavy atom. The first-order valence-corrected chi connectivity index (χ1v) is 10.9. The van der Waals surface area contributed by atoms with E-state index in [1.165, 1.54) is 5.06 Å². The van der Waals surface area contributed by atoms with Crippen LogP contribution in [0.5, 0.6) is 0 Å². The lowest BCUT2D eigenvalue weighted by Crippen LogP contribution is -2.49. The van der Waals surface area contributed by atoms with Crippen LogP contribution in [0.15, 0.2) is 78.9 Å². The number of ketones is 1. The first-order chi connectivity index (χ1) is 15.3. The lowest BCUT2D eigenvalue weighted by atomic mass is 9.96. The zero-order valence-corrected chi connectivity index (χ0v) is 18.8. The van der Waals surface area contributed by atoms with Crippen LogP contribution in [0.4, 0.5) is 5.69 Å². The van der Waals surface area contributed by atoms with Crippen LogP contribution in [0, 0.1) is 0 Å². The summed E-state index contributed by atoms with van der Waals surface area (Å²) >= 11 is 6.32. The third kappa shape index (κ3) is 4.69. The summed E-state index contributed by atoms with van der Waals surface area (Å²) in [5.41, 5.74) is 2.07. The van der Waals surface area contributed by atoms with E-state index in [-0.39, 0.29) is 24.7 Å². The zero-order valence-electron chi connectivity index (χ0n) is 18.0. The molecule has 1 N–H and O–H groups in total. The topological polar surface area (TPSA) is 58.6 Å². The molecule has 1 aliphatic rings. The van der Waals surface area contributed by atoms with Crippen molar-refractivity contribution in [2.24, 2.45) is 0 Å². The SMILES string of the molecule is CC1(C)Nc2ccc(Cl)cc2[C@@H](CC(=O)c2ccccc2)N(OCc2ccccc2)C1=O. The van der Waals surface area contributed by atoms with Crippen molar-refractivity contribution in [2.45, 2.75) is 38.5 Å². The molecule has 0 aromatic heterocycles. The van der Waals surface area contributed by atoms with Crippen molar-refractivity contribution in [2.75, 3.05) is 5.32 Å². The Kier molecular flexibility index (Phi) is 6.31. The van der Waals surface area contributed by atoms with Crippen molar-refractivity contribution in [1.29, 1.82) is 0 Å². The maximum absolute atomic E-state index is 13.6. The number of amides is 1. The van der Waals surface area contributed by atoms with Gasteiger partial charge in [-0.15, -0.1) is 0 Å². The number of rotatable bonds is 6. The maximum atomic E-state index is 13.6. The third-order valence-corrected chi connectivity index (χ3v) is 5.76. The first-order valence-electron chi connectivity index (χ1n) is 10.5. The van der Waals surface area contributed by atoms with Gasteiger partial charge in [0.25, 0.3) is 5.91 Å². The standard InChI is InChI=1S/C26H25ClN2O3/c1-26(2)25(31)29(32-17-18-9-5-3-6-10-18)23(16-24(30)19-11-7-4-8-12-19)21-15-20(27)13-14-22(21)28-26/h3-15,23,28H,16-17H2,1-2H3/t23-/m1/s1. The van der Waals surface area contributed by atoms with Crippen molar-refractivity contribution in [3.8, 4) is 0 Å². The molecule has 3 aromatic carbocycles. The fourth-order valence-electron chi connectivity index (χ4n) is 3.83. The van der Waals surface area contributed by atoms with E-state index in [2.05, 4.69) is 5.32 Å². The van der Waals surface area contributed by atoms with E-state index in [1.54, 1.807) is 38.1 Å². The minimum atomic E-state index is -0.941. The summed E-state index contributed by atoms with van der Waals surface area (Å²) in [7, 11) is 0. The summed E-state index contributed by atoms with van der Waals surface area (Å²) in [5.74, 6) is -0.339. The lowest BCUT2D eigenvalue weighted by molar-refractivity contribution is -0.209. The second-order valence-corrected chi connectivity index (χ2v) is 8.82. The summed E-state index contributed by atoms with van der Waals surface area (Å²) in [5, 5.41) is 5.18. The summed E-state index contributed by atoms with van der Waals surface area (Å²) in [6.07, 6.45) is 0.0651. The minimum Gasteiger partial charge on any atom is -0.371 e. The molecule has 164 valence electrons. The number of carbonyl (C=O) groups excluding carboxylic acids is 2. The number of nitrogens with one attached hydrogen (secondary N) is 1. The highest BCUT2D eigenvalue weighted by Crippen LogP contribution is 2.39. The van der Waals surface area contributed by atoms with Crippen LogP contribution < -0.4 is 5.32 Å². The van der Waals surface area contributed by atoms with Gasteiger partial charge in [0.15, 0.2) is 5.78 Å². The number of anilines is 1. The Hall–Kier alpha value is -3.15. The highest BCUT2D eigenvalue weighted by molar-refractivity contribution is 6.30. The van der Waals surface area contributed by atoms with E-state index in [4.69, 9.17) is 16.4 Å². The number of benzene rings is 3. The van der Waals surface area contributed by atoms with Crippen molar-refractivity contribution in [1.82, 2.24) is 5.06 Å². The summed E-state index contributed by atoms with van der Waals surface area (Å²) in [4.78, 5) is 32.8. The summed E-state index contributed by atoms with van der Waals surface area (Å²) in [6.45, 7) is 3.80. The first kappa shape index (κ1) is 22.1. The molecule has 0 aliphatic carbocycles. The Bertz CT molecular complexity index is 1120. The molecule has 3 aromatic rings. The smallest absolute Gasteiger partial charge is 0.271 e. The zero-order chi connectivity index (χ0) is 22.7. The van der Waals surface area contributed by atoms with Crippen molar-refractivity contribution >= 4 is 29.0 Å². The van der Waals surface area contributed by atoms with Crippen LogP contribution in [0.1, 0.15) is 47.8 Å². The lowest BCUT2D eigenvalue weighted by Gasteiger charge is -2.33. The quantitative estimate of drug-likeness (QED) is 0.483. The molecular weight excluding hydrogens is 424 g/mol. The summed E-state index contributed by atoms with van der Waals surface area (Å²) in [6, 6.07) is 23.4. The molecule has 4 rings (SSSR count). The molecule has 0 bridgehead atoms.